The number of hydrogen-bond donors (Lipinski definition) is 1. The van der Waals surface area contributed by atoms with E-state index in [0.29, 0.717) is 30.3 Å². The summed E-state index contributed by atoms with van der Waals surface area (Å²) in [4.78, 5) is 13.2. The Balaban J connectivity index is 1.94. The van der Waals surface area contributed by atoms with Gasteiger partial charge in [-0.2, -0.15) is 0 Å². The van der Waals surface area contributed by atoms with Crippen molar-refractivity contribution in [3.05, 3.63) is 41.4 Å². The molecule has 0 saturated heterocycles. The lowest BCUT2D eigenvalue weighted by atomic mass is 10.2. The lowest BCUT2D eigenvalue weighted by molar-refractivity contribution is -0.116. The molecule has 0 radical (unpaired) electrons. The lowest BCUT2D eigenvalue weighted by Gasteiger charge is -2.29. The average molecular weight is 397 g/mol. The minimum atomic E-state index is -3.93. The third kappa shape index (κ3) is 3.56. The molecule has 1 heterocycles. The molecule has 1 N–H and O–H groups in total. The molecule has 9 heteroatoms. The number of amides is 1. The Bertz CT molecular complexity index is 962. The Morgan fingerprint density at radius 1 is 1.27 bits per heavy atom. The third-order valence-electron chi connectivity index (χ3n) is 3.87. The van der Waals surface area contributed by atoms with Crippen LogP contribution in [0.25, 0.3) is 0 Å². The first-order chi connectivity index (χ1) is 12.3. The second-order valence-electron chi connectivity index (χ2n) is 5.60. The van der Waals surface area contributed by atoms with E-state index in [0.717, 1.165) is 0 Å². The molecule has 3 rings (SSSR count). The van der Waals surface area contributed by atoms with Crippen LogP contribution >= 0.6 is 11.6 Å². The molecule has 0 fully saturated rings. The van der Waals surface area contributed by atoms with E-state index >= 15 is 0 Å². The second-order valence-corrected chi connectivity index (χ2v) is 7.69. The van der Waals surface area contributed by atoms with Crippen LogP contribution in [0.1, 0.15) is 6.92 Å². The van der Waals surface area contributed by atoms with Crippen LogP contribution in [0.15, 0.2) is 41.3 Å². The van der Waals surface area contributed by atoms with E-state index in [-0.39, 0.29) is 21.6 Å². The number of anilines is 2. The molecular formula is C17H17ClN2O5S. The maximum Gasteiger partial charge on any atom is 0.265 e. The SMILES string of the molecule is COc1ccc(Cl)cc1S(=O)(=O)Nc1ccc2c(c1)OCCN2C(C)=O. The summed E-state index contributed by atoms with van der Waals surface area (Å²) in [6, 6.07) is 9.09. The van der Waals surface area contributed by atoms with E-state index in [4.69, 9.17) is 21.1 Å². The summed E-state index contributed by atoms with van der Waals surface area (Å²) in [6.07, 6.45) is 0. The first-order valence-corrected chi connectivity index (χ1v) is 9.59. The van der Waals surface area contributed by atoms with Gasteiger partial charge in [-0.15, -0.1) is 0 Å². The highest BCUT2D eigenvalue weighted by Gasteiger charge is 2.24. The van der Waals surface area contributed by atoms with Gasteiger partial charge in [-0.3, -0.25) is 9.52 Å². The summed E-state index contributed by atoms with van der Waals surface area (Å²) in [5.74, 6) is 0.509. The van der Waals surface area contributed by atoms with Crippen LogP contribution in [0, 0.1) is 0 Å². The Morgan fingerprint density at radius 3 is 2.73 bits per heavy atom. The fourth-order valence-electron chi connectivity index (χ4n) is 2.68. The van der Waals surface area contributed by atoms with Gasteiger partial charge in [0, 0.05) is 18.0 Å². The number of rotatable bonds is 4. The van der Waals surface area contributed by atoms with Gasteiger partial charge in [-0.05, 0) is 30.3 Å². The molecule has 0 aliphatic carbocycles. The number of carbonyl (C=O) groups is 1. The fraction of sp³-hybridized carbons (Fsp3) is 0.235. The minimum absolute atomic E-state index is 0.0727. The Kier molecular flexibility index (Phi) is 4.97. The molecule has 0 saturated carbocycles. The number of halogens is 1. The van der Waals surface area contributed by atoms with Crippen LogP contribution in [0.5, 0.6) is 11.5 Å². The number of methoxy groups -OCH3 is 1. The van der Waals surface area contributed by atoms with Gasteiger partial charge in [0.1, 0.15) is 23.0 Å². The van der Waals surface area contributed by atoms with Crippen molar-refractivity contribution < 1.29 is 22.7 Å². The zero-order valence-electron chi connectivity index (χ0n) is 14.2. The molecule has 0 unspecified atom stereocenters. The summed E-state index contributed by atoms with van der Waals surface area (Å²) >= 11 is 5.92. The molecule has 1 aliphatic heterocycles. The van der Waals surface area contributed by atoms with Crippen LogP contribution in [0.2, 0.25) is 5.02 Å². The van der Waals surface area contributed by atoms with E-state index in [1.165, 1.54) is 26.2 Å². The zero-order valence-corrected chi connectivity index (χ0v) is 15.7. The molecule has 0 atom stereocenters. The molecule has 7 nitrogen and oxygen atoms in total. The number of hydrogen-bond acceptors (Lipinski definition) is 5. The predicted molar refractivity (Wildman–Crippen MR) is 98.8 cm³/mol. The first kappa shape index (κ1) is 18.3. The number of nitrogens with one attached hydrogen (secondary N) is 1. The quantitative estimate of drug-likeness (QED) is 0.858. The molecule has 2 aromatic carbocycles. The summed E-state index contributed by atoms with van der Waals surface area (Å²) in [7, 11) is -2.55. The number of fused-ring (bicyclic) bond motifs is 1. The van der Waals surface area contributed by atoms with E-state index in [9.17, 15) is 13.2 Å². The molecule has 138 valence electrons. The molecule has 0 spiro atoms. The third-order valence-corrected chi connectivity index (χ3v) is 5.51. The van der Waals surface area contributed by atoms with Gasteiger partial charge in [-0.25, -0.2) is 8.42 Å². The van der Waals surface area contributed by atoms with Crippen molar-refractivity contribution in [2.45, 2.75) is 11.8 Å². The average Bonchev–Trinajstić information content (AvgIpc) is 2.60. The molecule has 26 heavy (non-hydrogen) atoms. The van der Waals surface area contributed by atoms with E-state index in [1.54, 1.807) is 29.2 Å². The number of sulfonamides is 1. The number of benzene rings is 2. The monoisotopic (exact) mass is 396 g/mol. The van der Waals surface area contributed by atoms with Crippen molar-refractivity contribution in [1.82, 2.24) is 0 Å². The Morgan fingerprint density at radius 2 is 2.04 bits per heavy atom. The molecule has 1 amide bonds. The molecule has 0 bridgehead atoms. The van der Waals surface area contributed by atoms with Crippen molar-refractivity contribution in [2.24, 2.45) is 0 Å². The smallest absolute Gasteiger partial charge is 0.265 e. The molecular weight excluding hydrogens is 380 g/mol. The van der Waals surface area contributed by atoms with Gasteiger partial charge < -0.3 is 14.4 Å². The van der Waals surface area contributed by atoms with Gasteiger partial charge in [0.2, 0.25) is 5.91 Å². The van der Waals surface area contributed by atoms with Crippen molar-refractivity contribution >= 4 is 38.9 Å². The zero-order chi connectivity index (χ0) is 18.9. The van der Waals surface area contributed by atoms with E-state index < -0.39 is 10.0 Å². The van der Waals surface area contributed by atoms with Crippen LogP contribution in [-0.2, 0) is 14.8 Å². The van der Waals surface area contributed by atoms with Crippen molar-refractivity contribution in [2.75, 3.05) is 29.9 Å². The van der Waals surface area contributed by atoms with Gasteiger partial charge in [0.25, 0.3) is 10.0 Å². The summed E-state index contributed by atoms with van der Waals surface area (Å²) in [5.41, 5.74) is 0.906. The fourth-order valence-corrected chi connectivity index (χ4v) is 4.16. The van der Waals surface area contributed by atoms with Gasteiger partial charge in [0.15, 0.2) is 0 Å². The van der Waals surface area contributed by atoms with Gasteiger partial charge in [0.05, 0.1) is 25.0 Å². The molecule has 2 aromatic rings. The second kappa shape index (κ2) is 7.05. The highest BCUT2D eigenvalue weighted by atomic mass is 35.5. The summed E-state index contributed by atoms with van der Waals surface area (Å²) in [6.45, 7) is 2.26. The van der Waals surface area contributed by atoms with Crippen molar-refractivity contribution in [3.63, 3.8) is 0 Å². The summed E-state index contributed by atoms with van der Waals surface area (Å²) in [5, 5.41) is 0.275. The topological polar surface area (TPSA) is 84.9 Å². The normalized spacial score (nSPS) is 13.6. The summed E-state index contributed by atoms with van der Waals surface area (Å²) < 4.78 is 38.6. The number of ether oxygens (including phenoxy) is 2. The van der Waals surface area contributed by atoms with Gasteiger partial charge in [-0.1, -0.05) is 11.6 Å². The minimum Gasteiger partial charge on any atom is -0.495 e. The van der Waals surface area contributed by atoms with Crippen molar-refractivity contribution in [1.29, 1.82) is 0 Å². The Hall–Kier alpha value is -2.45. The molecule has 0 aromatic heterocycles. The first-order valence-electron chi connectivity index (χ1n) is 7.73. The number of carbonyl (C=O) groups excluding carboxylic acids is 1. The van der Waals surface area contributed by atoms with Crippen molar-refractivity contribution in [3.8, 4) is 11.5 Å². The maximum atomic E-state index is 12.7. The Labute approximate surface area is 156 Å². The van der Waals surface area contributed by atoms with E-state index in [1.807, 2.05) is 0 Å². The van der Waals surface area contributed by atoms with Crippen LogP contribution in [-0.4, -0.2) is 34.6 Å². The highest BCUT2D eigenvalue weighted by Crippen LogP contribution is 2.35. The maximum absolute atomic E-state index is 12.7. The van der Waals surface area contributed by atoms with Crippen LogP contribution in [0.3, 0.4) is 0 Å². The van der Waals surface area contributed by atoms with Crippen LogP contribution in [0.4, 0.5) is 11.4 Å². The predicted octanol–water partition coefficient (Wildman–Crippen LogP) is 2.89. The standard InChI is InChI=1S/C17H17ClN2O5S/c1-11(21)20-7-8-25-16-10-13(4-5-14(16)20)19-26(22,23)17-9-12(18)3-6-15(17)24-2/h3-6,9-10,19H,7-8H2,1-2H3. The van der Waals surface area contributed by atoms with Gasteiger partial charge >= 0.3 is 0 Å². The largest absolute Gasteiger partial charge is 0.495 e. The molecule has 1 aliphatic rings. The number of nitrogens with zero attached hydrogens (tertiary/aromatic N) is 1. The van der Waals surface area contributed by atoms with E-state index in [2.05, 4.69) is 4.72 Å². The van der Waals surface area contributed by atoms with Crippen LogP contribution < -0.4 is 19.1 Å². The lowest BCUT2D eigenvalue weighted by Crippen LogP contribution is -2.36. The highest BCUT2D eigenvalue weighted by molar-refractivity contribution is 7.92.